The molecular weight excluding hydrogens is 440 g/mol. The lowest BCUT2D eigenvalue weighted by molar-refractivity contribution is -0.113. The largest absolute Gasteiger partial charge is 0.492 e. The van der Waals surface area contributed by atoms with Crippen LogP contribution in [-0.4, -0.2) is 40.5 Å². The summed E-state index contributed by atoms with van der Waals surface area (Å²) in [6.45, 7) is 5.92. The summed E-state index contributed by atoms with van der Waals surface area (Å²) in [6.07, 6.45) is 0. The minimum atomic E-state index is -0.507. The second-order valence-corrected chi connectivity index (χ2v) is 8.23. The first-order valence-corrected chi connectivity index (χ1v) is 11.3. The third kappa shape index (κ3) is 4.83. The molecule has 0 atom stereocenters. The van der Waals surface area contributed by atoms with E-state index < -0.39 is 11.5 Å². The van der Waals surface area contributed by atoms with Crippen LogP contribution < -0.4 is 21.5 Å². The van der Waals surface area contributed by atoms with Crippen molar-refractivity contribution in [3.05, 3.63) is 45.1 Å². The van der Waals surface area contributed by atoms with Crippen LogP contribution in [-0.2, 0) is 9.53 Å². The van der Waals surface area contributed by atoms with Gasteiger partial charge in [0.25, 0.3) is 5.56 Å². The van der Waals surface area contributed by atoms with E-state index in [0.717, 1.165) is 27.8 Å². The number of nitrogens with zero attached hydrogens (tertiary/aromatic N) is 2. The lowest BCUT2D eigenvalue weighted by Crippen LogP contribution is -2.30. The number of para-hydroxylation sites is 2. The van der Waals surface area contributed by atoms with Crippen LogP contribution in [0, 0.1) is 6.92 Å². The number of thiophene rings is 1. The Bertz CT molecular complexity index is 1190. The van der Waals surface area contributed by atoms with Crippen LogP contribution in [0.2, 0.25) is 0 Å². The number of aromatic nitrogens is 2. The van der Waals surface area contributed by atoms with Crippen molar-refractivity contribution in [3.63, 3.8) is 0 Å². The average molecular weight is 463 g/mol. The Morgan fingerprint density at radius 3 is 2.71 bits per heavy atom. The van der Waals surface area contributed by atoms with Gasteiger partial charge in [-0.15, -0.1) is 11.3 Å². The molecule has 0 bridgehead atoms. The summed E-state index contributed by atoms with van der Waals surface area (Å²) in [5.41, 5.74) is 0.548. The standard InChI is InChI=1S/C20H22N4O5S2/c1-4-28-13-9-7-6-8-12(13)22-14(25)10-30-20-23-17-15(18(26)24(20)21)11(3)16(31-17)19(27)29-5-2/h6-9H,4-5,10,21H2,1-3H3,(H,22,25). The minimum Gasteiger partial charge on any atom is -0.492 e. The fourth-order valence-electron chi connectivity index (χ4n) is 2.84. The number of nitrogens with one attached hydrogen (secondary N) is 1. The average Bonchev–Trinajstić information content (AvgIpc) is 3.08. The number of aryl methyl sites for hydroxylation is 1. The van der Waals surface area contributed by atoms with Gasteiger partial charge in [0.2, 0.25) is 5.91 Å². The topological polar surface area (TPSA) is 126 Å². The summed E-state index contributed by atoms with van der Waals surface area (Å²) < 4.78 is 11.4. The monoisotopic (exact) mass is 462 g/mol. The molecule has 0 fully saturated rings. The number of ether oxygens (including phenoxy) is 2. The number of carbonyl (C=O) groups excluding carboxylic acids is 2. The zero-order valence-electron chi connectivity index (χ0n) is 17.3. The fraction of sp³-hybridized carbons (Fsp3) is 0.300. The van der Waals surface area contributed by atoms with E-state index in [4.69, 9.17) is 15.3 Å². The Kier molecular flexibility index (Phi) is 7.18. The number of thioether (sulfide) groups is 1. The normalized spacial score (nSPS) is 10.8. The molecule has 0 aliphatic rings. The van der Waals surface area contributed by atoms with Crippen LogP contribution in [0.4, 0.5) is 5.69 Å². The van der Waals surface area contributed by atoms with Crippen molar-refractivity contribution in [2.45, 2.75) is 25.9 Å². The highest BCUT2D eigenvalue weighted by Gasteiger charge is 2.22. The van der Waals surface area contributed by atoms with Gasteiger partial charge in [0, 0.05) is 0 Å². The van der Waals surface area contributed by atoms with E-state index in [-0.39, 0.29) is 28.8 Å². The van der Waals surface area contributed by atoms with Gasteiger partial charge in [0.15, 0.2) is 5.16 Å². The molecule has 3 rings (SSSR count). The molecule has 9 nitrogen and oxygen atoms in total. The number of hydrogen-bond acceptors (Lipinski definition) is 9. The maximum atomic E-state index is 12.7. The number of nitrogen functional groups attached to an aromatic ring is 1. The van der Waals surface area contributed by atoms with Crippen LogP contribution in [0.1, 0.15) is 29.1 Å². The van der Waals surface area contributed by atoms with E-state index >= 15 is 0 Å². The van der Waals surface area contributed by atoms with E-state index in [0.29, 0.717) is 33.3 Å². The molecule has 2 aromatic heterocycles. The second kappa shape index (κ2) is 9.84. The van der Waals surface area contributed by atoms with Crippen molar-refractivity contribution >= 4 is 50.9 Å². The van der Waals surface area contributed by atoms with Gasteiger partial charge in [0.1, 0.15) is 15.5 Å². The van der Waals surface area contributed by atoms with Gasteiger partial charge < -0.3 is 20.6 Å². The molecule has 0 saturated heterocycles. The van der Waals surface area contributed by atoms with Crippen LogP contribution in [0.15, 0.2) is 34.2 Å². The second-order valence-electron chi connectivity index (χ2n) is 6.29. The van der Waals surface area contributed by atoms with Crippen LogP contribution >= 0.6 is 23.1 Å². The Morgan fingerprint density at radius 1 is 1.26 bits per heavy atom. The molecule has 0 saturated carbocycles. The van der Waals surface area contributed by atoms with Gasteiger partial charge in [-0.05, 0) is 38.5 Å². The molecular formula is C20H22N4O5S2. The van der Waals surface area contributed by atoms with Crippen molar-refractivity contribution in [2.24, 2.45) is 0 Å². The molecule has 0 spiro atoms. The third-order valence-electron chi connectivity index (χ3n) is 4.22. The summed E-state index contributed by atoms with van der Waals surface area (Å²) in [5.74, 6) is 5.66. The number of anilines is 1. The molecule has 0 aliphatic heterocycles. The molecule has 0 radical (unpaired) electrons. The van der Waals surface area contributed by atoms with Crippen LogP contribution in [0.25, 0.3) is 10.2 Å². The summed E-state index contributed by atoms with van der Waals surface area (Å²) in [4.78, 5) is 42.4. The number of rotatable bonds is 8. The van der Waals surface area contributed by atoms with Gasteiger partial charge in [-0.1, -0.05) is 23.9 Å². The molecule has 164 valence electrons. The highest BCUT2D eigenvalue weighted by Crippen LogP contribution is 2.29. The number of fused-ring (bicyclic) bond motifs is 1. The molecule has 3 N–H and O–H groups in total. The molecule has 2 heterocycles. The predicted octanol–water partition coefficient (Wildman–Crippen LogP) is 2.79. The molecule has 0 unspecified atom stereocenters. The smallest absolute Gasteiger partial charge is 0.348 e. The summed E-state index contributed by atoms with van der Waals surface area (Å²) >= 11 is 2.09. The van der Waals surface area contributed by atoms with Crippen molar-refractivity contribution in [2.75, 3.05) is 30.1 Å². The maximum absolute atomic E-state index is 12.7. The van der Waals surface area contributed by atoms with Crippen molar-refractivity contribution in [3.8, 4) is 5.75 Å². The highest BCUT2D eigenvalue weighted by atomic mass is 32.2. The minimum absolute atomic E-state index is 0.0231. The van der Waals surface area contributed by atoms with E-state index in [1.54, 1.807) is 32.0 Å². The first-order valence-electron chi connectivity index (χ1n) is 9.50. The van der Waals surface area contributed by atoms with Gasteiger partial charge in [0.05, 0.1) is 30.0 Å². The van der Waals surface area contributed by atoms with Gasteiger partial charge >= 0.3 is 5.97 Å². The number of carbonyl (C=O) groups is 2. The van der Waals surface area contributed by atoms with Crippen LogP contribution in [0.5, 0.6) is 5.75 Å². The summed E-state index contributed by atoms with van der Waals surface area (Å²) in [7, 11) is 0. The molecule has 1 aromatic carbocycles. The maximum Gasteiger partial charge on any atom is 0.348 e. The molecule has 0 aliphatic carbocycles. The number of amides is 1. The fourth-order valence-corrected chi connectivity index (χ4v) is 4.67. The Labute approximate surface area is 186 Å². The van der Waals surface area contributed by atoms with Crippen molar-refractivity contribution in [1.82, 2.24) is 9.66 Å². The third-order valence-corrected chi connectivity index (χ3v) is 6.34. The van der Waals surface area contributed by atoms with E-state index in [9.17, 15) is 14.4 Å². The zero-order valence-corrected chi connectivity index (χ0v) is 18.9. The quantitative estimate of drug-likeness (QED) is 0.227. The van der Waals surface area contributed by atoms with E-state index in [1.165, 1.54) is 0 Å². The number of nitrogens with two attached hydrogens (primary N) is 1. The van der Waals surface area contributed by atoms with Gasteiger partial charge in [-0.3, -0.25) is 9.59 Å². The Hall–Kier alpha value is -3.05. The number of benzene rings is 1. The summed E-state index contributed by atoms with van der Waals surface area (Å²) in [5, 5.41) is 3.22. The Morgan fingerprint density at radius 2 is 2.00 bits per heavy atom. The molecule has 11 heteroatoms. The molecule has 3 aromatic rings. The first kappa shape index (κ1) is 22.6. The predicted molar refractivity (Wildman–Crippen MR) is 122 cm³/mol. The zero-order chi connectivity index (χ0) is 22.5. The van der Waals surface area contributed by atoms with E-state index in [2.05, 4.69) is 10.3 Å². The number of hydrogen-bond donors (Lipinski definition) is 2. The van der Waals surface area contributed by atoms with Crippen molar-refractivity contribution in [1.29, 1.82) is 0 Å². The Balaban J connectivity index is 1.80. The van der Waals surface area contributed by atoms with Crippen LogP contribution in [0.3, 0.4) is 0 Å². The van der Waals surface area contributed by atoms with Crippen molar-refractivity contribution < 1.29 is 19.1 Å². The number of esters is 1. The summed E-state index contributed by atoms with van der Waals surface area (Å²) in [6, 6.07) is 7.11. The SMILES string of the molecule is CCOC(=O)c1sc2nc(SCC(=O)Nc3ccccc3OCC)n(N)c(=O)c2c1C. The lowest BCUT2D eigenvalue weighted by atomic mass is 10.2. The first-order chi connectivity index (χ1) is 14.9. The molecule has 1 amide bonds. The van der Waals surface area contributed by atoms with Gasteiger partial charge in [-0.2, -0.15) is 0 Å². The lowest BCUT2D eigenvalue weighted by Gasteiger charge is -2.11. The molecule has 31 heavy (non-hydrogen) atoms. The van der Waals surface area contributed by atoms with E-state index in [1.807, 2.05) is 13.0 Å². The van der Waals surface area contributed by atoms with Gasteiger partial charge in [-0.25, -0.2) is 14.5 Å². The highest BCUT2D eigenvalue weighted by molar-refractivity contribution is 7.99.